The zero-order chi connectivity index (χ0) is 36.6. The van der Waals surface area contributed by atoms with E-state index < -0.39 is 0 Å². The maximum atomic E-state index is 9.77. The molecule has 1 nitrogen and oxygen atoms in total. The number of hydrogen-bond acceptors (Lipinski definition) is 1. The number of anilines is 3. The van der Waals surface area contributed by atoms with Crippen LogP contribution in [-0.2, 0) is 0 Å². The average Bonchev–Trinajstić information content (AvgIpc) is 3.24. The van der Waals surface area contributed by atoms with Gasteiger partial charge in [0.1, 0.15) is 0 Å². The Morgan fingerprint density at radius 1 is 0.333 bits per heavy atom. The number of fused-ring (bicyclic) bond motifs is 2. The standard InChI is InChI=1S/C50H35N/c1-4-15-36(16-5-1)42-30-34-49(47(35-42)38-17-6-2-7-18-38)51(48-26-14-23-37-19-10-12-24-44(37)48)43-31-27-40(28-32-43)46-33-29-39-20-11-13-25-45(39)50(46)41-21-8-3-9-22-41/h1-35H/i30D,34D,35D. The number of nitrogens with zero attached hydrogens (tertiary/aromatic N) is 1. The third kappa shape index (κ3) is 5.75. The predicted molar refractivity (Wildman–Crippen MR) is 218 cm³/mol. The highest BCUT2D eigenvalue weighted by Crippen LogP contribution is 2.46. The van der Waals surface area contributed by atoms with E-state index in [2.05, 4.69) is 114 Å². The minimum Gasteiger partial charge on any atom is -0.309 e. The zero-order valence-corrected chi connectivity index (χ0v) is 27.9. The van der Waals surface area contributed by atoms with Gasteiger partial charge in [-0.3, -0.25) is 0 Å². The van der Waals surface area contributed by atoms with Crippen molar-refractivity contribution in [2.45, 2.75) is 0 Å². The van der Waals surface area contributed by atoms with Crippen molar-refractivity contribution in [2.24, 2.45) is 0 Å². The molecule has 0 heterocycles. The van der Waals surface area contributed by atoms with Crippen LogP contribution in [0.25, 0.3) is 66.1 Å². The lowest BCUT2D eigenvalue weighted by Crippen LogP contribution is -2.12. The summed E-state index contributed by atoms with van der Waals surface area (Å²) in [6, 6.07) is 66.2. The maximum absolute atomic E-state index is 9.77. The van der Waals surface area contributed by atoms with Crippen molar-refractivity contribution >= 4 is 38.6 Å². The van der Waals surface area contributed by atoms with Crippen LogP contribution in [0.15, 0.2) is 212 Å². The third-order valence-corrected chi connectivity index (χ3v) is 9.58. The highest BCUT2D eigenvalue weighted by atomic mass is 15.1. The molecule has 0 radical (unpaired) electrons. The van der Waals surface area contributed by atoms with E-state index in [1.54, 1.807) is 0 Å². The second-order valence-electron chi connectivity index (χ2n) is 12.7. The van der Waals surface area contributed by atoms with Crippen LogP contribution >= 0.6 is 0 Å². The van der Waals surface area contributed by atoms with Crippen LogP contribution in [0.1, 0.15) is 4.11 Å². The summed E-state index contributed by atoms with van der Waals surface area (Å²) in [6.07, 6.45) is 0. The van der Waals surface area contributed by atoms with Gasteiger partial charge in [0.05, 0.1) is 15.5 Å². The molecule has 9 rings (SSSR count). The van der Waals surface area contributed by atoms with Crippen molar-refractivity contribution < 1.29 is 4.11 Å². The van der Waals surface area contributed by atoms with Gasteiger partial charge in [-0.15, -0.1) is 0 Å². The number of hydrogen-bond donors (Lipinski definition) is 0. The van der Waals surface area contributed by atoms with Crippen molar-refractivity contribution in [3.8, 4) is 44.5 Å². The Kier molecular flexibility index (Phi) is 7.09. The molecule has 0 saturated carbocycles. The molecular weight excluding hydrogens is 615 g/mol. The summed E-state index contributed by atoms with van der Waals surface area (Å²) in [5.41, 5.74) is 9.33. The van der Waals surface area contributed by atoms with Crippen molar-refractivity contribution in [3.63, 3.8) is 0 Å². The fraction of sp³-hybridized carbons (Fsp3) is 0. The normalized spacial score (nSPS) is 12.0. The minimum atomic E-state index is 0.0198. The van der Waals surface area contributed by atoms with Crippen molar-refractivity contribution in [3.05, 3.63) is 212 Å². The van der Waals surface area contributed by atoms with E-state index >= 15 is 0 Å². The van der Waals surface area contributed by atoms with Crippen LogP contribution in [0.5, 0.6) is 0 Å². The van der Waals surface area contributed by atoms with E-state index in [4.69, 9.17) is 0 Å². The van der Waals surface area contributed by atoms with E-state index in [0.717, 1.165) is 50.0 Å². The molecule has 0 bridgehead atoms. The van der Waals surface area contributed by atoms with Crippen LogP contribution in [0.3, 0.4) is 0 Å². The van der Waals surface area contributed by atoms with Crippen LogP contribution < -0.4 is 4.90 Å². The summed E-state index contributed by atoms with van der Waals surface area (Å²) in [4.78, 5) is 2.08. The molecule has 0 aliphatic heterocycles. The predicted octanol–water partition coefficient (Wildman–Crippen LogP) is 14.1. The SMILES string of the molecule is [2H]c1c([2H])c(N(c2ccc(-c3ccc4ccccc4c3-c3ccccc3)cc2)c2cccc3ccccc23)c(-c2ccccc2)c([2H])c1-c1ccccc1. The summed E-state index contributed by atoms with van der Waals surface area (Å²) in [5, 5.41) is 4.45. The highest BCUT2D eigenvalue weighted by molar-refractivity contribution is 6.05. The van der Waals surface area contributed by atoms with Gasteiger partial charge in [0.25, 0.3) is 0 Å². The van der Waals surface area contributed by atoms with Gasteiger partial charge in [-0.1, -0.05) is 182 Å². The van der Waals surface area contributed by atoms with E-state index in [9.17, 15) is 4.11 Å². The lowest BCUT2D eigenvalue weighted by Gasteiger charge is -2.29. The number of benzene rings is 9. The second kappa shape index (κ2) is 13.3. The van der Waals surface area contributed by atoms with E-state index in [-0.39, 0.29) is 18.1 Å². The molecule has 9 aromatic rings. The fourth-order valence-electron chi connectivity index (χ4n) is 7.14. The van der Waals surface area contributed by atoms with Crippen molar-refractivity contribution in [1.82, 2.24) is 0 Å². The maximum Gasteiger partial charge on any atom is 0.0645 e. The molecule has 0 fully saturated rings. The van der Waals surface area contributed by atoms with Gasteiger partial charge >= 0.3 is 0 Å². The zero-order valence-electron chi connectivity index (χ0n) is 30.9. The van der Waals surface area contributed by atoms with Crippen LogP contribution in [-0.4, -0.2) is 0 Å². The molecule has 0 atom stereocenters. The van der Waals surface area contributed by atoms with Gasteiger partial charge in [0.15, 0.2) is 0 Å². The molecule has 0 aliphatic carbocycles. The lowest BCUT2D eigenvalue weighted by atomic mass is 9.89. The van der Waals surface area contributed by atoms with Crippen molar-refractivity contribution in [1.29, 1.82) is 0 Å². The molecule has 240 valence electrons. The minimum absolute atomic E-state index is 0.0198. The largest absolute Gasteiger partial charge is 0.309 e. The summed E-state index contributed by atoms with van der Waals surface area (Å²) in [7, 11) is 0. The molecule has 0 aliphatic rings. The molecule has 51 heavy (non-hydrogen) atoms. The van der Waals surface area contributed by atoms with Gasteiger partial charge in [0, 0.05) is 16.6 Å². The highest BCUT2D eigenvalue weighted by Gasteiger charge is 2.21. The Bertz CT molecular complexity index is 2780. The monoisotopic (exact) mass is 652 g/mol. The van der Waals surface area contributed by atoms with Gasteiger partial charge in [-0.2, -0.15) is 0 Å². The molecular formula is C50H35N. The molecule has 0 saturated heterocycles. The van der Waals surface area contributed by atoms with E-state index in [1.807, 2.05) is 84.9 Å². The first-order chi connectivity index (χ1) is 26.6. The first kappa shape index (κ1) is 27.2. The molecule has 0 spiro atoms. The fourth-order valence-corrected chi connectivity index (χ4v) is 7.14. The first-order valence-electron chi connectivity index (χ1n) is 18.8. The third-order valence-electron chi connectivity index (χ3n) is 9.58. The van der Waals surface area contributed by atoms with Crippen LogP contribution in [0.2, 0.25) is 0 Å². The Morgan fingerprint density at radius 3 is 1.59 bits per heavy atom. The van der Waals surface area contributed by atoms with Gasteiger partial charge in [-0.25, -0.2) is 0 Å². The molecule has 0 unspecified atom stereocenters. The average molecular weight is 653 g/mol. The molecule has 9 aromatic carbocycles. The van der Waals surface area contributed by atoms with Gasteiger partial charge in [0.2, 0.25) is 0 Å². The topological polar surface area (TPSA) is 3.24 Å². The summed E-state index contributed by atoms with van der Waals surface area (Å²) in [5.74, 6) is 0. The van der Waals surface area contributed by atoms with Gasteiger partial charge in [-0.05, 0) is 85.4 Å². The molecule has 1 heteroatoms. The van der Waals surface area contributed by atoms with Crippen molar-refractivity contribution in [2.75, 3.05) is 4.90 Å². The number of rotatable bonds is 7. The van der Waals surface area contributed by atoms with Crippen LogP contribution in [0, 0.1) is 0 Å². The molecule has 0 amide bonds. The van der Waals surface area contributed by atoms with Crippen LogP contribution in [0.4, 0.5) is 17.1 Å². The Hall–Kier alpha value is -6.70. The van der Waals surface area contributed by atoms with E-state index in [1.165, 1.54) is 16.3 Å². The summed E-state index contributed by atoms with van der Waals surface area (Å²) in [6.45, 7) is 0. The smallest absolute Gasteiger partial charge is 0.0645 e. The van der Waals surface area contributed by atoms with Gasteiger partial charge < -0.3 is 4.90 Å². The first-order valence-corrected chi connectivity index (χ1v) is 17.3. The quantitative estimate of drug-likeness (QED) is 0.166. The Morgan fingerprint density at radius 2 is 0.882 bits per heavy atom. The second-order valence-corrected chi connectivity index (χ2v) is 12.7. The van der Waals surface area contributed by atoms with E-state index in [0.29, 0.717) is 16.8 Å². The lowest BCUT2D eigenvalue weighted by molar-refractivity contribution is 1.30. The summed E-state index contributed by atoms with van der Waals surface area (Å²) >= 11 is 0. The Balaban J connectivity index is 1.31. The molecule has 0 N–H and O–H groups in total. The Labute approximate surface area is 303 Å². The molecule has 0 aromatic heterocycles. The summed E-state index contributed by atoms with van der Waals surface area (Å²) < 4.78 is 29.0.